The van der Waals surface area contributed by atoms with Crippen LogP contribution in [0.1, 0.15) is 32.7 Å². The molecule has 1 aromatic carbocycles. The van der Waals surface area contributed by atoms with E-state index >= 15 is 0 Å². The van der Waals surface area contributed by atoms with E-state index in [0.29, 0.717) is 5.56 Å². The first-order valence-corrected chi connectivity index (χ1v) is 7.53. The highest BCUT2D eigenvalue weighted by Crippen LogP contribution is 2.24. The smallest absolute Gasteiger partial charge is 0.253 e. The fraction of sp³-hybridized carbons (Fsp3) is 0.125. The highest BCUT2D eigenvalue weighted by molar-refractivity contribution is 7.09. The number of hydrogen-bond donors (Lipinski definition) is 2. The Hall–Kier alpha value is -2.40. The Bertz CT molecular complexity index is 719. The molecular formula is C16H15N3OS. The van der Waals surface area contributed by atoms with Gasteiger partial charge in [-0.1, -0.05) is 30.3 Å². The zero-order valence-electron chi connectivity index (χ0n) is 11.5. The van der Waals surface area contributed by atoms with Gasteiger partial charge in [-0.3, -0.25) is 4.79 Å². The first-order valence-electron chi connectivity index (χ1n) is 6.65. The molecule has 0 saturated carbocycles. The van der Waals surface area contributed by atoms with Gasteiger partial charge in [0.25, 0.3) is 5.91 Å². The Morgan fingerprint density at radius 2 is 2.10 bits per heavy atom. The molecule has 0 radical (unpaired) electrons. The lowest BCUT2D eigenvalue weighted by Crippen LogP contribution is -2.29. The second-order valence-corrected chi connectivity index (χ2v) is 5.63. The molecule has 21 heavy (non-hydrogen) atoms. The number of aryl methyl sites for hydroxylation is 1. The summed E-state index contributed by atoms with van der Waals surface area (Å²) in [6.45, 7) is 1.88. The minimum absolute atomic E-state index is 0.0993. The molecular weight excluding hydrogens is 282 g/mol. The first-order chi connectivity index (χ1) is 10.3. The Labute approximate surface area is 126 Å². The number of amides is 1. The summed E-state index contributed by atoms with van der Waals surface area (Å²) in [4.78, 5) is 19.8. The van der Waals surface area contributed by atoms with Gasteiger partial charge >= 0.3 is 0 Å². The van der Waals surface area contributed by atoms with Crippen molar-refractivity contribution in [3.8, 4) is 0 Å². The molecule has 0 bridgehead atoms. The van der Waals surface area contributed by atoms with Crippen LogP contribution in [-0.2, 0) is 0 Å². The number of hydrogen-bond acceptors (Lipinski definition) is 3. The number of benzene rings is 1. The number of carbonyl (C=O) groups excluding carboxylic acids is 1. The predicted octanol–water partition coefficient (Wildman–Crippen LogP) is 3.30. The second-order valence-electron chi connectivity index (χ2n) is 4.70. The van der Waals surface area contributed by atoms with Crippen LogP contribution < -0.4 is 5.32 Å². The van der Waals surface area contributed by atoms with E-state index in [2.05, 4.69) is 15.3 Å². The van der Waals surface area contributed by atoms with Crippen molar-refractivity contribution >= 4 is 17.2 Å². The molecule has 5 heteroatoms. The van der Waals surface area contributed by atoms with Crippen molar-refractivity contribution in [3.63, 3.8) is 0 Å². The maximum Gasteiger partial charge on any atom is 0.253 e. The van der Waals surface area contributed by atoms with Crippen molar-refractivity contribution in [1.82, 2.24) is 15.3 Å². The minimum atomic E-state index is -0.229. The van der Waals surface area contributed by atoms with Crippen LogP contribution in [0, 0.1) is 6.92 Å². The fourth-order valence-electron chi connectivity index (χ4n) is 2.22. The molecule has 3 aromatic rings. The van der Waals surface area contributed by atoms with Gasteiger partial charge in [0.15, 0.2) is 0 Å². The first kappa shape index (κ1) is 13.6. The van der Waals surface area contributed by atoms with E-state index < -0.39 is 0 Å². The summed E-state index contributed by atoms with van der Waals surface area (Å²) >= 11 is 1.54. The van der Waals surface area contributed by atoms with Gasteiger partial charge in [0.05, 0.1) is 5.56 Å². The highest BCUT2D eigenvalue weighted by atomic mass is 32.1. The zero-order valence-corrected chi connectivity index (χ0v) is 12.4. The lowest BCUT2D eigenvalue weighted by Gasteiger charge is -2.17. The SMILES string of the molecule is Cc1[nH]ccc1C(=O)NC(c1ccccc1)c1nccs1. The molecule has 0 aliphatic heterocycles. The van der Waals surface area contributed by atoms with Crippen LogP contribution in [0.15, 0.2) is 54.2 Å². The van der Waals surface area contributed by atoms with E-state index in [9.17, 15) is 4.79 Å². The number of H-pyrrole nitrogens is 1. The molecule has 3 rings (SSSR count). The van der Waals surface area contributed by atoms with Crippen LogP contribution in [0.5, 0.6) is 0 Å². The molecule has 2 N–H and O–H groups in total. The van der Waals surface area contributed by atoms with E-state index in [-0.39, 0.29) is 11.9 Å². The van der Waals surface area contributed by atoms with E-state index in [1.54, 1.807) is 18.5 Å². The molecule has 0 aliphatic rings. The molecule has 1 amide bonds. The summed E-state index contributed by atoms with van der Waals surface area (Å²) in [5.74, 6) is -0.0993. The number of aromatic amines is 1. The van der Waals surface area contributed by atoms with Crippen LogP contribution in [0.3, 0.4) is 0 Å². The molecule has 4 nitrogen and oxygen atoms in total. The third-order valence-corrected chi connectivity index (χ3v) is 4.15. The van der Waals surface area contributed by atoms with Gasteiger partial charge in [-0.25, -0.2) is 4.98 Å². The second kappa shape index (κ2) is 5.93. The summed E-state index contributed by atoms with van der Waals surface area (Å²) in [5, 5.41) is 5.86. The Balaban J connectivity index is 1.91. The standard InChI is InChI=1S/C16H15N3OS/c1-11-13(7-8-17-11)15(20)19-14(16-18-9-10-21-16)12-5-3-2-4-6-12/h2-10,14,17H,1H3,(H,19,20). The number of nitrogens with one attached hydrogen (secondary N) is 2. The topological polar surface area (TPSA) is 57.8 Å². The van der Waals surface area contributed by atoms with E-state index in [1.807, 2.05) is 42.6 Å². The van der Waals surface area contributed by atoms with Crippen molar-refractivity contribution in [3.05, 3.63) is 76.0 Å². The summed E-state index contributed by atoms with van der Waals surface area (Å²) < 4.78 is 0. The molecule has 2 aromatic heterocycles. The van der Waals surface area contributed by atoms with Crippen molar-refractivity contribution in [1.29, 1.82) is 0 Å². The molecule has 1 unspecified atom stereocenters. The summed E-state index contributed by atoms with van der Waals surface area (Å²) in [5.41, 5.74) is 2.54. The number of nitrogens with zero attached hydrogens (tertiary/aromatic N) is 1. The quantitative estimate of drug-likeness (QED) is 0.776. The van der Waals surface area contributed by atoms with Crippen LogP contribution in [0.4, 0.5) is 0 Å². The van der Waals surface area contributed by atoms with Crippen LogP contribution >= 0.6 is 11.3 Å². The van der Waals surface area contributed by atoms with Crippen LogP contribution in [0.2, 0.25) is 0 Å². The molecule has 2 heterocycles. The van der Waals surface area contributed by atoms with Crippen LogP contribution in [-0.4, -0.2) is 15.9 Å². The lowest BCUT2D eigenvalue weighted by molar-refractivity contribution is 0.0942. The van der Waals surface area contributed by atoms with Gasteiger partial charge < -0.3 is 10.3 Å². The summed E-state index contributed by atoms with van der Waals surface area (Å²) in [6, 6.07) is 11.4. The van der Waals surface area contributed by atoms with Gasteiger partial charge in [0.1, 0.15) is 11.0 Å². The van der Waals surface area contributed by atoms with Crippen molar-refractivity contribution in [2.75, 3.05) is 0 Å². The van der Waals surface area contributed by atoms with E-state index in [1.165, 1.54) is 11.3 Å². The van der Waals surface area contributed by atoms with Gasteiger partial charge in [-0.05, 0) is 18.6 Å². The average molecular weight is 297 g/mol. The minimum Gasteiger partial charge on any atom is -0.365 e. The molecule has 0 spiro atoms. The maximum absolute atomic E-state index is 12.5. The van der Waals surface area contributed by atoms with Crippen molar-refractivity contribution < 1.29 is 4.79 Å². The molecule has 106 valence electrons. The summed E-state index contributed by atoms with van der Waals surface area (Å²) in [7, 11) is 0. The number of rotatable bonds is 4. The third-order valence-electron chi connectivity index (χ3n) is 3.31. The van der Waals surface area contributed by atoms with Gasteiger partial charge in [-0.2, -0.15) is 0 Å². The molecule has 0 fully saturated rings. The Morgan fingerprint density at radius 3 is 2.71 bits per heavy atom. The average Bonchev–Trinajstić information content (AvgIpc) is 3.17. The van der Waals surface area contributed by atoms with Crippen molar-refractivity contribution in [2.24, 2.45) is 0 Å². The largest absolute Gasteiger partial charge is 0.365 e. The van der Waals surface area contributed by atoms with Gasteiger partial charge in [-0.15, -0.1) is 11.3 Å². The van der Waals surface area contributed by atoms with E-state index in [0.717, 1.165) is 16.3 Å². The molecule has 0 aliphatic carbocycles. The van der Waals surface area contributed by atoms with Gasteiger partial charge in [0, 0.05) is 23.5 Å². The number of carbonyl (C=O) groups is 1. The van der Waals surface area contributed by atoms with Crippen molar-refractivity contribution in [2.45, 2.75) is 13.0 Å². The summed E-state index contributed by atoms with van der Waals surface area (Å²) in [6.07, 6.45) is 3.52. The zero-order chi connectivity index (χ0) is 14.7. The normalized spacial score (nSPS) is 12.0. The number of aromatic nitrogens is 2. The molecule has 1 atom stereocenters. The predicted molar refractivity (Wildman–Crippen MR) is 83.4 cm³/mol. The fourth-order valence-corrected chi connectivity index (χ4v) is 2.93. The highest BCUT2D eigenvalue weighted by Gasteiger charge is 2.20. The Kier molecular flexibility index (Phi) is 3.83. The third kappa shape index (κ3) is 2.87. The number of thiazole rings is 1. The van der Waals surface area contributed by atoms with Gasteiger partial charge in [0.2, 0.25) is 0 Å². The monoisotopic (exact) mass is 297 g/mol. The van der Waals surface area contributed by atoms with Crippen LogP contribution in [0.25, 0.3) is 0 Å². The lowest BCUT2D eigenvalue weighted by atomic mass is 10.1. The molecule has 0 saturated heterocycles. The maximum atomic E-state index is 12.5. The Morgan fingerprint density at radius 1 is 1.29 bits per heavy atom. The van der Waals surface area contributed by atoms with E-state index in [4.69, 9.17) is 0 Å².